The van der Waals surface area contributed by atoms with Gasteiger partial charge < -0.3 is 20.3 Å². The molecule has 6 heteroatoms. The van der Waals surface area contributed by atoms with Crippen molar-refractivity contribution in [2.24, 2.45) is 0 Å². The van der Waals surface area contributed by atoms with E-state index in [2.05, 4.69) is 20.0 Å². The van der Waals surface area contributed by atoms with Crippen LogP contribution in [0.5, 0.6) is 5.75 Å². The maximum Gasteiger partial charge on any atom is 0.213 e. The minimum atomic E-state index is 0.108. The van der Waals surface area contributed by atoms with Gasteiger partial charge in [-0.1, -0.05) is 5.16 Å². The number of hydrogen-bond acceptors (Lipinski definition) is 6. The van der Waals surface area contributed by atoms with Gasteiger partial charge in [-0.3, -0.25) is 0 Å². The van der Waals surface area contributed by atoms with Crippen LogP contribution >= 0.6 is 0 Å². The van der Waals surface area contributed by atoms with Gasteiger partial charge in [0.25, 0.3) is 0 Å². The van der Waals surface area contributed by atoms with E-state index in [4.69, 9.17) is 10.5 Å². The number of nitrogens with zero attached hydrogens (tertiary/aromatic N) is 2. The molecule has 0 saturated carbocycles. The highest BCUT2D eigenvalue weighted by molar-refractivity contribution is 5.59. The summed E-state index contributed by atoms with van der Waals surface area (Å²) >= 11 is 0. The molecule has 18 heavy (non-hydrogen) atoms. The normalized spacial score (nSPS) is 10.6. The van der Waals surface area contributed by atoms with Crippen LogP contribution in [0.1, 0.15) is 19.7 Å². The summed E-state index contributed by atoms with van der Waals surface area (Å²) in [6.07, 6.45) is 1.40. The van der Waals surface area contributed by atoms with Crippen molar-refractivity contribution in [1.29, 1.82) is 0 Å². The molecule has 0 saturated heterocycles. The lowest BCUT2D eigenvalue weighted by Crippen LogP contribution is -2.07. The maximum atomic E-state index is 5.81. The zero-order valence-corrected chi connectivity index (χ0v) is 10.4. The van der Waals surface area contributed by atoms with Crippen molar-refractivity contribution < 1.29 is 9.26 Å². The summed E-state index contributed by atoms with van der Waals surface area (Å²) in [5, 5.41) is 6.87. The van der Waals surface area contributed by atoms with E-state index in [1.165, 1.54) is 6.39 Å². The first-order valence-electron chi connectivity index (χ1n) is 5.70. The molecule has 0 radical (unpaired) electrons. The number of nitrogens with one attached hydrogen (secondary N) is 1. The number of hydrogen-bond donors (Lipinski definition) is 2. The lowest BCUT2D eigenvalue weighted by atomic mass is 10.2. The van der Waals surface area contributed by atoms with E-state index < -0.39 is 0 Å². The van der Waals surface area contributed by atoms with Crippen LogP contribution in [0, 0.1) is 0 Å². The van der Waals surface area contributed by atoms with Crippen molar-refractivity contribution in [2.75, 3.05) is 11.1 Å². The van der Waals surface area contributed by atoms with Gasteiger partial charge in [-0.2, -0.15) is 4.98 Å². The predicted octanol–water partition coefficient (Wildman–Crippen LogP) is 2.05. The molecule has 6 nitrogen and oxygen atoms in total. The standard InChI is InChI=1S/C12H16N4O2/c1-8(2)18-11-4-9(13)3-10(5-11)14-6-12-15-7-17-16-12/h3-5,7-8,14H,6,13H2,1-2H3. The SMILES string of the molecule is CC(C)Oc1cc(N)cc(NCc2ncon2)c1. The Morgan fingerprint density at radius 2 is 2.22 bits per heavy atom. The molecule has 2 aromatic rings. The van der Waals surface area contributed by atoms with Gasteiger partial charge in [-0.05, 0) is 19.9 Å². The van der Waals surface area contributed by atoms with Crippen molar-refractivity contribution in [1.82, 2.24) is 10.1 Å². The quantitative estimate of drug-likeness (QED) is 0.787. The minimum Gasteiger partial charge on any atom is -0.491 e. The van der Waals surface area contributed by atoms with Crippen molar-refractivity contribution in [3.63, 3.8) is 0 Å². The summed E-state index contributed by atoms with van der Waals surface area (Å²) < 4.78 is 10.3. The molecule has 3 N–H and O–H groups in total. The van der Waals surface area contributed by atoms with E-state index in [0.717, 1.165) is 11.4 Å². The van der Waals surface area contributed by atoms with E-state index in [0.29, 0.717) is 18.1 Å². The highest BCUT2D eigenvalue weighted by Crippen LogP contribution is 2.23. The topological polar surface area (TPSA) is 86.2 Å². The summed E-state index contributed by atoms with van der Waals surface area (Å²) in [5.74, 6) is 1.32. The van der Waals surface area contributed by atoms with Gasteiger partial charge >= 0.3 is 0 Å². The van der Waals surface area contributed by atoms with Crippen molar-refractivity contribution >= 4 is 11.4 Å². The van der Waals surface area contributed by atoms with Crippen molar-refractivity contribution in [3.05, 3.63) is 30.4 Å². The van der Waals surface area contributed by atoms with Gasteiger partial charge in [0.2, 0.25) is 6.39 Å². The van der Waals surface area contributed by atoms with E-state index in [9.17, 15) is 0 Å². The second kappa shape index (κ2) is 5.39. The van der Waals surface area contributed by atoms with Crippen molar-refractivity contribution in [2.45, 2.75) is 26.5 Å². The van der Waals surface area contributed by atoms with Crippen LogP contribution in [-0.2, 0) is 6.54 Å². The number of rotatable bonds is 5. The average Bonchev–Trinajstić information content (AvgIpc) is 2.77. The molecule has 0 fully saturated rings. The smallest absolute Gasteiger partial charge is 0.213 e. The zero-order chi connectivity index (χ0) is 13.0. The molecule has 0 unspecified atom stereocenters. The van der Waals surface area contributed by atoms with Gasteiger partial charge in [-0.25, -0.2) is 0 Å². The first-order valence-corrected chi connectivity index (χ1v) is 5.70. The monoisotopic (exact) mass is 248 g/mol. The molecule has 1 heterocycles. The number of anilines is 2. The van der Waals surface area contributed by atoms with Crippen molar-refractivity contribution in [3.8, 4) is 5.75 Å². The summed E-state index contributed by atoms with van der Waals surface area (Å²) in [6.45, 7) is 4.41. The van der Waals surface area contributed by atoms with Gasteiger partial charge in [0.05, 0.1) is 12.6 Å². The number of benzene rings is 1. The fourth-order valence-electron chi connectivity index (χ4n) is 1.52. The third kappa shape index (κ3) is 3.38. The van der Waals surface area contributed by atoms with E-state index >= 15 is 0 Å². The summed E-state index contributed by atoms with van der Waals surface area (Å²) in [4.78, 5) is 3.92. The molecule has 0 bridgehead atoms. The van der Waals surface area contributed by atoms with Gasteiger partial charge in [0, 0.05) is 23.5 Å². The van der Waals surface area contributed by atoms with Crippen LogP contribution in [0.15, 0.2) is 29.1 Å². The summed E-state index contributed by atoms with van der Waals surface area (Å²) in [5.41, 5.74) is 7.31. The Labute approximate surface area is 105 Å². The second-order valence-electron chi connectivity index (χ2n) is 4.16. The molecular weight excluding hydrogens is 232 g/mol. The molecule has 1 aromatic carbocycles. The average molecular weight is 248 g/mol. The molecule has 0 aliphatic rings. The number of nitrogen functional groups attached to an aromatic ring is 1. The predicted molar refractivity (Wildman–Crippen MR) is 68.2 cm³/mol. The number of ether oxygens (including phenoxy) is 1. The number of aromatic nitrogens is 2. The molecular formula is C12H16N4O2. The van der Waals surface area contributed by atoms with Crippen LogP contribution in [0.4, 0.5) is 11.4 Å². The lowest BCUT2D eigenvalue weighted by molar-refractivity contribution is 0.242. The molecule has 0 amide bonds. The minimum absolute atomic E-state index is 0.108. The summed E-state index contributed by atoms with van der Waals surface area (Å²) in [6, 6.07) is 5.50. The van der Waals surface area contributed by atoms with E-state index in [-0.39, 0.29) is 6.10 Å². The van der Waals surface area contributed by atoms with Crippen LogP contribution < -0.4 is 15.8 Å². The van der Waals surface area contributed by atoms with Crippen LogP contribution in [0.3, 0.4) is 0 Å². The Morgan fingerprint density at radius 1 is 1.39 bits per heavy atom. The first kappa shape index (κ1) is 12.2. The Balaban J connectivity index is 2.05. The second-order valence-corrected chi connectivity index (χ2v) is 4.16. The summed E-state index contributed by atoms with van der Waals surface area (Å²) in [7, 11) is 0. The molecule has 1 aromatic heterocycles. The highest BCUT2D eigenvalue weighted by atomic mass is 16.5. The first-order chi connectivity index (χ1) is 8.63. The largest absolute Gasteiger partial charge is 0.491 e. The Kier molecular flexibility index (Phi) is 3.66. The molecule has 0 aliphatic heterocycles. The van der Waals surface area contributed by atoms with Gasteiger partial charge in [0.15, 0.2) is 5.82 Å². The maximum absolute atomic E-state index is 5.81. The zero-order valence-electron chi connectivity index (χ0n) is 10.4. The Bertz CT molecular complexity index is 497. The fraction of sp³-hybridized carbons (Fsp3) is 0.333. The molecule has 0 aliphatic carbocycles. The molecule has 0 atom stereocenters. The number of nitrogens with two attached hydrogens (primary N) is 1. The Morgan fingerprint density at radius 3 is 2.89 bits per heavy atom. The van der Waals surface area contributed by atoms with Crippen LogP contribution in [0.25, 0.3) is 0 Å². The fourth-order valence-corrected chi connectivity index (χ4v) is 1.52. The van der Waals surface area contributed by atoms with Gasteiger partial charge in [0.1, 0.15) is 5.75 Å². The third-order valence-electron chi connectivity index (χ3n) is 2.16. The van der Waals surface area contributed by atoms with E-state index in [1.807, 2.05) is 26.0 Å². The third-order valence-corrected chi connectivity index (χ3v) is 2.16. The highest BCUT2D eigenvalue weighted by Gasteiger charge is 2.03. The Hall–Kier alpha value is -2.24. The molecule has 96 valence electrons. The van der Waals surface area contributed by atoms with Gasteiger partial charge in [-0.15, -0.1) is 0 Å². The van der Waals surface area contributed by atoms with Crippen LogP contribution in [-0.4, -0.2) is 16.2 Å². The lowest BCUT2D eigenvalue weighted by Gasteiger charge is -2.12. The molecule has 0 spiro atoms. The molecule has 2 rings (SSSR count). The van der Waals surface area contributed by atoms with E-state index in [1.54, 1.807) is 6.07 Å². The van der Waals surface area contributed by atoms with Crippen LogP contribution in [0.2, 0.25) is 0 Å².